The van der Waals surface area contributed by atoms with Gasteiger partial charge in [0.15, 0.2) is 0 Å². The molecule has 2 aliphatic rings. The zero-order chi connectivity index (χ0) is 15.7. The first kappa shape index (κ1) is 17.2. The molecule has 4 nitrogen and oxygen atoms in total. The van der Waals surface area contributed by atoms with Crippen LogP contribution in [0.15, 0.2) is 0 Å². The van der Waals surface area contributed by atoms with Crippen LogP contribution in [0.1, 0.15) is 41.5 Å². The number of nitrogens with one attached hydrogen (secondary N) is 2. The average molecular weight is 297 g/mol. The van der Waals surface area contributed by atoms with Crippen molar-refractivity contribution in [1.82, 2.24) is 20.4 Å². The number of rotatable bonds is 2. The van der Waals surface area contributed by atoms with E-state index in [1.54, 1.807) is 0 Å². The third-order valence-electron chi connectivity index (χ3n) is 5.07. The monoisotopic (exact) mass is 296 g/mol. The van der Waals surface area contributed by atoms with Crippen LogP contribution in [0.5, 0.6) is 0 Å². The quantitative estimate of drug-likeness (QED) is 0.810. The molecule has 0 aromatic rings. The summed E-state index contributed by atoms with van der Waals surface area (Å²) < 4.78 is 0. The first-order chi connectivity index (χ1) is 9.69. The van der Waals surface area contributed by atoms with E-state index in [1.165, 1.54) is 13.1 Å². The standard InChI is InChI=1S/C17H36N4/c1-16(2,3)14-11-18-7-9-20(14)13-21-10-8-19-12-15(21)17(4,5)6/h14-15,18-19H,7-13H2,1-6H3. The molecule has 4 heteroatoms. The van der Waals surface area contributed by atoms with Gasteiger partial charge in [-0.05, 0) is 10.8 Å². The summed E-state index contributed by atoms with van der Waals surface area (Å²) in [4.78, 5) is 5.42. The summed E-state index contributed by atoms with van der Waals surface area (Å²) in [5, 5.41) is 7.16. The largest absolute Gasteiger partial charge is 0.314 e. The first-order valence-electron chi connectivity index (χ1n) is 8.59. The predicted octanol–water partition coefficient (Wildman–Crippen LogP) is 1.58. The maximum Gasteiger partial charge on any atom is 0.0514 e. The highest BCUT2D eigenvalue weighted by molar-refractivity contribution is 4.92. The average Bonchev–Trinajstić information content (AvgIpc) is 2.37. The molecular formula is C17H36N4. The molecule has 0 aromatic heterocycles. The van der Waals surface area contributed by atoms with Crippen molar-refractivity contribution in [2.75, 3.05) is 45.9 Å². The molecule has 2 fully saturated rings. The predicted molar refractivity (Wildman–Crippen MR) is 90.5 cm³/mol. The summed E-state index contributed by atoms with van der Waals surface area (Å²) >= 11 is 0. The van der Waals surface area contributed by atoms with Gasteiger partial charge in [0.05, 0.1) is 6.67 Å². The van der Waals surface area contributed by atoms with Crippen LogP contribution < -0.4 is 10.6 Å². The van der Waals surface area contributed by atoms with Gasteiger partial charge in [-0.2, -0.15) is 0 Å². The molecular weight excluding hydrogens is 260 g/mol. The Morgan fingerprint density at radius 1 is 0.762 bits per heavy atom. The van der Waals surface area contributed by atoms with Crippen molar-refractivity contribution in [3.8, 4) is 0 Å². The Morgan fingerprint density at radius 2 is 1.14 bits per heavy atom. The number of hydrogen-bond acceptors (Lipinski definition) is 4. The van der Waals surface area contributed by atoms with Gasteiger partial charge >= 0.3 is 0 Å². The van der Waals surface area contributed by atoms with Crippen LogP contribution in [0.2, 0.25) is 0 Å². The van der Waals surface area contributed by atoms with Gasteiger partial charge in [0.25, 0.3) is 0 Å². The van der Waals surface area contributed by atoms with Gasteiger partial charge in [-0.1, -0.05) is 41.5 Å². The normalized spacial score (nSPS) is 30.6. The van der Waals surface area contributed by atoms with Gasteiger partial charge in [-0.25, -0.2) is 0 Å². The molecule has 2 saturated heterocycles. The lowest BCUT2D eigenvalue weighted by Crippen LogP contribution is -2.64. The van der Waals surface area contributed by atoms with E-state index in [-0.39, 0.29) is 0 Å². The van der Waals surface area contributed by atoms with E-state index >= 15 is 0 Å². The Morgan fingerprint density at radius 3 is 1.48 bits per heavy atom. The molecule has 2 rings (SSSR count). The van der Waals surface area contributed by atoms with Crippen LogP contribution >= 0.6 is 0 Å². The van der Waals surface area contributed by atoms with Crippen molar-refractivity contribution < 1.29 is 0 Å². The summed E-state index contributed by atoms with van der Waals surface area (Å²) in [6, 6.07) is 1.25. The van der Waals surface area contributed by atoms with E-state index < -0.39 is 0 Å². The third kappa shape index (κ3) is 4.41. The molecule has 2 atom stereocenters. The van der Waals surface area contributed by atoms with Crippen molar-refractivity contribution in [2.24, 2.45) is 10.8 Å². The maximum atomic E-state index is 3.58. The van der Waals surface area contributed by atoms with E-state index in [9.17, 15) is 0 Å². The van der Waals surface area contributed by atoms with Crippen molar-refractivity contribution in [1.29, 1.82) is 0 Å². The van der Waals surface area contributed by atoms with E-state index in [2.05, 4.69) is 62.0 Å². The van der Waals surface area contributed by atoms with Gasteiger partial charge in [0.1, 0.15) is 0 Å². The highest BCUT2D eigenvalue weighted by Gasteiger charge is 2.37. The van der Waals surface area contributed by atoms with Crippen molar-refractivity contribution in [2.45, 2.75) is 53.6 Å². The number of nitrogens with zero attached hydrogens (tertiary/aromatic N) is 2. The van der Waals surface area contributed by atoms with Crippen molar-refractivity contribution >= 4 is 0 Å². The zero-order valence-electron chi connectivity index (χ0n) is 15.0. The van der Waals surface area contributed by atoms with Gasteiger partial charge in [0.2, 0.25) is 0 Å². The summed E-state index contributed by atoms with van der Waals surface area (Å²) in [5.41, 5.74) is 0.664. The summed E-state index contributed by atoms with van der Waals surface area (Å²) in [6.07, 6.45) is 0. The molecule has 0 saturated carbocycles. The van der Waals surface area contributed by atoms with E-state index in [0.717, 1.165) is 32.8 Å². The third-order valence-corrected chi connectivity index (χ3v) is 5.07. The van der Waals surface area contributed by atoms with Gasteiger partial charge in [-0.15, -0.1) is 0 Å². The zero-order valence-corrected chi connectivity index (χ0v) is 15.0. The molecule has 2 heterocycles. The van der Waals surface area contributed by atoms with E-state index in [4.69, 9.17) is 0 Å². The van der Waals surface area contributed by atoms with E-state index in [1.807, 2.05) is 0 Å². The minimum absolute atomic E-state index is 0.332. The van der Waals surface area contributed by atoms with Crippen LogP contribution in [0.4, 0.5) is 0 Å². The Bertz CT molecular complexity index is 297. The molecule has 0 radical (unpaired) electrons. The molecule has 2 unspecified atom stereocenters. The lowest BCUT2D eigenvalue weighted by molar-refractivity contribution is -0.0213. The fourth-order valence-corrected chi connectivity index (χ4v) is 3.77. The minimum atomic E-state index is 0.332. The van der Waals surface area contributed by atoms with Crippen LogP contribution in [0, 0.1) is 10.8 Å². The topological polar surface area (TPSA) is 30.5 Å². The Kier molecular flexibility index (Phi) is 5.35. The van der Waals surface area contributed by atoms with Gasteiger partial charge < -0.3 is 10.6 Å². The van der Waals surface area contributed by atoms with Crippen LogP contribution in [0.25, 0.3) is 0 Å². The molecule has 0 amide bonds. The van der Waals surface area contributed by atoms with Gasteiger partial charge in [0, 0.05) is 51.4 Å². The Labute approximate surface area is 131 Å². The highest BCUT2D eigenvalue weighted by atomic mass is 15.4. The summed E-state index contributed by atoms with van der Waals surface area (Å²) in [5.74, 6) is 0. The number of hydrogen-bond donors (Lipinski definition) is 2. The second-order valence-corrected chi connectivity index (χ2v) is 8.94. The number of piperazine rings is 2. The van der Waals surface area contributed by atoms with Crippen LogP contribution in [-0.4, -0.2) is 67.8 Å². The minimum Gasteiger partial charge on any atom is -0.314 e. The Hall–Kier alpha value is -0.160. The molecule has 21 heavy (non-hydrogen) atoms. The SMILES string of the molecule is CC(C)(C)C1CNCCN1CN1CCNCC1C(C)(C)C. The molecule has 2 N–H and O–H groups in total. The van der Waals surface area contributed by atoms with Crippen molar-refractivity contribution in [3.05, 3.63) is 0 Å². The van der Waals surface area contributed by atoms with Crippen molar-refractivity contribution in [3.63, 3.8) is 0 Å². The molecule has 2 aliphatic heterocycles. The fourth-order valence-electron chi connectivity index (χ4n) is 3.77. The molecule has 124 valence electrons. The smallest absolute Gasteiger partial charge is 0.0514 e. The Balaban J connectivity index is 2.06. The molecule has 0 aromatic carbocycles. The summed E-state index contributed by atoms with van der Waals surface area (Å²) in [7, 11) is 0. The lowest BCUT2D eigenvalue weighted by Gasteiger charge is -2.50. The lowest BCUT2D eigenvalue weighted by atomic mass is 9.83. The van der Waals surface area contributed by atoms with Crippen LogP contribution in [0.3, 0.4) is 0 Å². The van der Waals surface area contributed by atoms with Gasteiger partial charge in [-0.3, -0.25) is 9.80 Å². The fraction of sp³-hybridized carbons (Fsp3) is 1.00. The highest BCUT2D eigenvalue weighted by Crippen LogP contribution is 2.29. The maximum absolute atomic E-state index is 3.58. The van der Waals surface area contributed by atoms with Crippen LogP contribution in [-0.2, 0) is 0 Å². The molecule has 0 aliphatic carbocycles. The second-order valence-electron chi connectivity index (χ2n) is 8.94. The second kappa shape index (κ2) is 6.53. The van der Waals surface area contributed by atoms with E-state index in [0.29, 0.717) is 22.9 Å². The molecule has 0 spiro atoms. The summed E-state index contributed by atoms with van der Waals surface area (Å²) in [6.45, 7) is 22.2. The molecule has 0 bridgehead atoms. The first-order valence-corrected chi connectivity index (χ1v) is 8.59.